The van der Waals surface area contributed by atoms with Crippen LogP contribution in [0.15, 0.2) is 22.7 Å². The fraction of sp³-hybridized carbons (Fsp3) is 0.500. The Hall–Kier alpha value is -0.910. The van der Waals surface area contributed by atoms with Gasteiger partial charge in [-0.05, 0) is 38.7 Å². The Morgan fingerprint density at radius 3 is 2.79 bits per heavy atom. The first-order valence-corrected chi connectivity index (χ1v) is 7.26. The predicted molar refractivity (Wildman–Crippen MR) is 81.6 cm³/mol. The summed E-state index contributed by atoms with van der Waals surface area (Å²) in [6.07, 6.45) is 0. The zero-order valence-electron chi connectivity index (χ0n) is 11.6. The van der Waals surface area contributed by atoms with Gasteiger partial charge in [0.15, 0.2) is 0 Å². The number of piperazine rings is 1. The lowest BCUT2D eigenvalue weighted by molar-refractivity contribution is -0.125. The zero-order valence-corrected chi connectivity index (χ0v) is 13.2. The van der Waals surface area contributed by atoms with Gasteiger partial charge in [0.25, 0.3) is 0 Å². The Balaban J connectivity index is 2.24. The van der Waals surface area contributed by atoms with Crippen molar-refractivity contribution in [2.45, 2.75) is 13.0 Å². The van der Waals surface area contributed by atoms with E-state index in [4.69, 9.17) is 0 Å². The van der Waals surface area contributed by atoms with E-state index >= 15 is 0 Å². The molecule has 104 valence electrons. The summed E-state index contributed by atoms with van der Waals surface area (Å²) in [5, 5.41) is 3.09. The van der Waals surface area contributed by atoms with Crippen LogP contribution < -0.4 is 10.2 Å². The van der Waals surface area contributed by atoms with Crippen molar-refractivity contribution in [1.82, 2.24) is 10.2 Å². The molecule has 1 unspecified atom stereocenters. The number of nitrogens with one attached hydrogen (secondary N) is 1. The largest absolute Gasteiger partial charge is 0.318 e. The highest BCUT2D eigenvalue weighted by atomic mass is 79.9. The smallest absolute Gasteiger partial charge is 0.245 e. The van der Waals surface area contributed by atoms with Crippen LogP contribution in [0.4, 0.5) is 5.69 Å². The number of carbonyl (C=O) groups excluding carboxylic acids is 1. The monoisotopic (exact) mass is 325 g/mol. The SMILES string of the molecule is CNCC1C(=O)N(c2ccc(C)c(Br)c2)CCN1C. The summed E-state index contributed by atoms with van der Waals surface area (Å²) in [5.74, 6) is 0.166. The maximum atomic E-state index is 12.6. The molecule has 2 rings (SSSR count). The summed E-state index contributed by atoms with van der Waals surface area (Å²) < 4.78 is 1.04. The van der Waals surface area contributed by atoms with E-state index in [1.54, 1.807) is 0 Å². The molecule has 1 N–H and O–H groups in total. The van der Waals surface area contributed by atoms with Gasteiger partial charge >= 0.3 is 0 Å². The summed E-state index contributed by atoms with van der Waals surface area (Å²) in [5.41, 5.74) is 2.15. The summed E-state index contributed by atoms with van der Waals surface area (Å²) in [7, 11) is 3.88. The van der Waals surface area contributed by atoms with E-state index < -0.39 is 0 Å². The zero-order chi connectivity index (χ0) is 14.0. The number of likely N-dealkylation sites (N-methyl/N-ethyl adjacent to an activating group) is 2. The minimum absolute atomic E-state index is 0.0844. The number of anilines is 1. The van der Waals surface area contributed by atoms with Crippen molar-refractivity contribution < 1.29 is 4.79 Å². The molecule has 1 aliphatic heterocycles. The fourth-order valence-corrected chi connectivity index (χ4v) is 2.70. The van der Waals surface area contributed by atoms with Crippen LogP contribution in [-0.4, -0.2) is 50.6 Å². The van der Waals surface area contributed by atoms with Crippen LogP contribution in [-0.2, 0) is 4.79 Å². The van der Waals surface area contributed by atoms with Gasteiger partial charge in [-0.1, -0.05) is 22.0 Å². The van der Waals surface area contributed by atoms with Gasteiger partial charge < -0.3 is 10.2 Å². The molecule has 0 aliphatic carbocycles. The standard InChI is InChI=1S/C14H20BrN3O/c1-10-4-5-11(8-12(10)15)18-7-6-17(3)13(9-16-2)14(18)19/h4-5,8,13,16H,6-7,9H2,1-3H3. The quantitative estimate of drug-likeness (QED) is 0.917. The number of aryl methyl sites for hydroxylation is 1. The third kappa shape index (κ3) is 2.99. The van der Waals surface area contributed by atoms with E-state index in [1.807, 2.05) is 44.1 Å². The van der Waals surface area contributed by atoms with Crippen molar-refractivity contribution in [3.63, 3.8) is 0 Å². The van der Waals surface area contributed by atoms with Gasteiger partial charge in [0.05, 0.1) is 0 Å². The van der Waals surface area contributed by atoms with Crippen LogP contribution in [0.5, 0.6) is 0 Å². The first kappa shape index (κ1) is 14.5. The van der Waals surface area contributed by atoms with E-state index in [0.29, 0.717) is 6.54 Å². The molecular weight excluding hydrogens is 306 g/mol. The highest BCUT2D eigenvalue weighted by Gasteiger charge is 2.32. The first-order valence-electron chi connectivity index (χ1n) is 6.47. The van der Waals surface area contributed by atoms with E-state index in [1.165, 1.54) is 5.56 Å². The molecule has 5 heteroatoms. The molecule has 1 amide bonds. The Morgan fingerprint density at radius 2 is 2.16 bits per heavy atom. The molecule has 0 aromatic heterocycles. The molecule has 1 aromatic rings. The molecule has 19 heavy (non-hydrogen) atoms. The number of nitrogens with zero attached hydrogens (tertiary/aromatic N) is 2. The van der Waals surface area contributed by atoms with Gasteiger partial charge in [-0.3, -0.25) is 9.69 Å². The molecule has 1 heterocycles. The maximum absolute atomic E-state index is 12.6. The second-order valence-electron chi connectivity index (χ2n) is 4.98. The molecule has 1 saturated heterocycles. The first-order chi connectivity index (χ1) is 9.04. The lowest BCUT2D eigenvalue weighted by atomic mass is 10.1. The number of hydrogen-bond acceptors (Lipinski definition) is 3. The van der Waals surface area contributed by atoms with Crippen molar-refractivity contribution >= 4 is 27.5 Å². The van der Waals surface area contributed by atoms with Crippen molar-refractivity contribution in [3.8, 4) is 0 Å². The second kappa shape index (κ2) is 6.03. The molecule has 1 aliphatic rings. The highest BCUT2D eigenvalue weighted by Crippen LogP contribution is 2.25. The lowest BCUT2D eigenvalue weighted by Gasteiger charge is -2.38. The van der Waals surface area contributed by atoms with Crippen LogP contribution >= 0.6 is 15.9 Å². The Morgan fingerprint density at radius 1 is 1.42 bits per heavy atom. The highest BCUT2D eigenvalue weighted by molar-refractivity contribution is 9.10. The fourth-order valence-electron chi connectivity index (χ4n) is 2.33. The second-order valence-corrected chi connectivity index (χ2v) is 5.83. The number of benzene rings is 1. The molecule has 0 saturated carbocycles. The summed E-state index contributed by atoms with van der Waals surface area (Å²) in [4.78, 5) is 16.5. The van der Waals surface area contributed by atoms with Gasteiger partial charge in [-0.2, -0.15) is 0 Å². The number of rotatable bonds is 3. The van der Waals surface area contributed by atoms with Gasteiger partial charge in [-0.15, -0.1) is 0 Å². The molecule has 0 bridgehead atoms. The predicted octanol–water partition coefficient (Wildman–Crippen LogP) is 1.62. The topological polar surface area (TPSA) is 35.6 Å². The van der Waals surface area contributed by atoms with Crippen molar-refractivity contribution in [3.05, 3.63) is 28.2 Å². The molecule has 1 aromatic carbocycles. The van der Waals surface area contributed by atoms with E-state index in [9.17, 15) is 4.79 Å². The Labute approximate surface area is 122 Å². The molecule has 4 nitrogen and oxygen atoms in total. The normalized spacial score (nSPS) is 20.9. The van der Waals surface area contributed by atoms with Gasteiger partial charge in [0.2, 0.25) is 5.91 Å². The minimum Gasteiger partial charge on any atom is -0.318 e. The van der Waals surface area contributed by atoms with Crippen molar-refractivity contribution in [2.24, 2.45) is 0 Å². The van der Waals surface area contributed by atoms with Crippen LogP contribution in [0, 0.1) is 6.92 Å². The Kier molecular flexibility index (Phi) is 4.60. The number of hydrogen-bond donors (Lipinski definition) is 1. The summed E-state index contributed by atoms with van der Waals surface area (Å²) in [6.45, 7) is 4.36. The van der Waals surface area contributed by atoms with E-state index in [2.05, 4.69) is 26.1 Å². The minimum atomic E-state index is -0.0844. The number of halogens is 1. The van der Waals surface area contributed by atoms with Crippen LogP contribution in [0.3, 0.4) is 0 Å². The molecule has 0 radical (unpaired) electrons. The molecular formula is C14H20BrN3O. The van der Waals surface area contributed by atoms with Gasteiger partial charge in [0, 0.05) is 29.8 Å². The summed E-state index contributed by atoms with van der Waals surface area (Å²) in [6, 6.07) is 5.99. The van der Waals surface area contributed by atoms with Crippen LogP contribution in [0.2, 0.25) is 0 Å². The summed E-state index contributed by atoms with van der Waals surface area (Å²) >= 11 is 3.53. The number of amides is 1. The van der Waals surface area contributed by atoms with Gasteiger partial charge in [0.1, 0.15) is 6.04 Å². The average Bonchev–Trinajstić information content (AvgIpc) is 2.38. The van der Waals surface area contributed by atoms with Crippen molar-refractivity contribution in [1.29, 1.82) is 0 Å². The Bertz CT molecular complexity index is 478. The average molecular weight is 326 g/mol. The maximum Gasteiger partial charge on any atom is 0.245 e. The molecule has 0 spiro atoms. The third-order valence-corrected chi connectivity index (χ3v) is 4.48. The number of carbonyl (C=O) groups is 1. The van der Waals surface area contributed by atoms with Crippen LogP contribution in [0.1, 0.15) is 5.56 Å². The third-order valence-electron chi connectivity index (χ3n) is 3.62. The van der Waals surface area contributed by atoms with Gasteiger partial charge in [-0.25, -0.2) is 0 Å². The van der Waals surface area contributed by atoms with Crippen LogP contribution in [0.25, 0.3) is 0 Å². The van der Waals surface area contributed by atoms with Crippen molar-refractivity contribution in [2.75, 3.05) is 38.6 Å². The van der Waals surface area contributed by atoms with E-state index in [0.717, 1.165) is 23.2 Å². The lowest BCUT2D eigenvalue weighted by Crippen LogP contribution is -2.58. The molecule has 1 atom stereocenters. The van der Waals surface area contributed by atoms with E-state index in [-0.39, 0.29) is 11.9 Å². The molecule has 1 fully saturated rings.